The van der Waals surface area contributed by atoms with Gasteiger partial charge in [-0.2, -0.15) is 0 Å². The second-order valence-corrected chi connectivity index (χ2v) is 8.35. The number of ether oxygens (including phenoxy) is 2. The lowest BCUT2D eigenvalue weighted by molar-refractivity contribution is -0.124. The SMILES string of the molecule is COc1ccc(C[C@H](N)C(=O)NC2[C@@H](CO)O[C@@H](n3cnc4c(N(C)C)ncnc43)[C@H]2O)cc1. The average molecular weight is 472 g/mol. The van der Waals surface area contributed by atoms with E-state index in [1.165, 1.54) is 12.7 Å². The molecule has 34 heavy (non-hydrogen) atoms. The van der Waals surface area contributed by atoms with Crippen molar-refractivity contribution in [3.63, 3.8) is 0 Å². The molecule has 4 rings (SSSR count). The molecule has 2 aromatic heterocycles. The zero-order valence-corrected chi connectivity index (χ0v) is 19.2. The molecule has 5 atom stereocenters. The van der Waals surface area contributed by atoms with Gasteiger partial charge in [0.2, 0.25) is 5.91 Å². The summed E-state index contributed by atoms with van der Waals surface area (Å²) in [5.41, 5.74) is 7.98. The zero-order valence-electron chi connectivity index (χ0n) is 19.2. The number of benzene rings is 1. The first-order valence-corrected chi connectivity index (χ1v) is 10.8. The van der Waals surface area contributed by atoms with Gasteiger partial charge in [0.25, 0.3) is 0 Å². The highest BCUT2D eigenvalue weighted by atomic mass is 16.5. The first-order valence-electron chi connectivity index (χ1n) is 10.8. The van der Waals surface area contributed by atoms with Crippen LogP contribution >= 0.6 is 0 Å². The summed E-state index contributed by atoms with van der Waals surface area (Å²) >= 11 is 0. The van der Waals surface area contributed by atoms with Crippen LogP contribution in [0, 0.1) is 0 Å². The monoisotopic (exact) mass is 471 g/mol. The van der Waals surface area contributed by atoms with E-state index < -0.39 is 43.0 Å². The predicted molar refractivity (Wildman–Crippen MR) is 123 cm³/mol. The van der Waals surface area contributed by atoms with E-state index in [-0.39, 0.29) is 0 Å². The number of methoxy groups -OCH3 is 1. The number of hydrogen-bond acceptors (Lipinski definition) is 10. The highest BCUT2D eigenvalue weighted by Crippen LogP contribution is 2.32. The van der Waals surface area contributed by atoms with Gasteiger partial charge in [-0.15, -0.1) is 0 Å². The molecule has 12 nitrogen and oxygen atoms in total. The Bertz CT molecular complexity index is 1140. The third-order valence-corrected chi connectivity index (χ3v) is 5.85. The quantitative estimate of drug-likeness (QED) is 0.328. The Morgan fingerprint density at radius 1 is 1.29 bits per heavy atom. The summed E-state index contributed by atoms with van der Waals surface area (Å²) < 4.78 is 12.6. The maximum absolute atomic E-state index is 12.8. The Hall–Kier alpha value is -3.32. The first kappa shape index (κ1) is 23.8. The smallest absolute Gasteiger partial charge is 0.237 e. The molecule has 3 aromatic rings. The Labute approximate surface area is 196 Å². The number of aliphatic hydroxyl groups excluding tert-OH is 2. The van der Waals surface area contributed by atoms with Crippen LogP contribution in [0.2, 0.25) is 0 Å². The molecule has 12 heteroatoms. The molecule has 1 unspecified atom stereocenters. The van der Waals surface area contributed by atoms with Gasteiger partial charge in [0, 0.05) is 14.1 Å². The van der Waals surface area contributed by atoms with Crippen LogP contribution in [-0.2, 0) is 16.0 Å². The van der Waals surface area contributed by atoms with Gasteiger partial charge in [-0.3, -0.25) is 9.36 Å². The Morgan fingerprint density at radius 3 is 2.68 bits per heavy atom. The fraction of sp³-hybridized carbons (Fsp3) is 0.455. The van der Waals surface area contributed by atoms with Crippen molar-refractivity contribution in [1.82, 2.24) is 24.8 Å². The summed E-state index contributed by atoms with van der Waals surface area (Å²) in [6.45, 7) is -0.406. The van der Waals surface area contributed by atoms with Gasteiger partial charge in [-0.1, -0.05) is 12.1 Å². The van der Waals surface area contributed by atoms with Gasteiger partial charge in [-0.25, -0.2) is 15.0 Å². The fourth-order valence-corrected chi connectivity index (χ4v) is 4.04. The molecule has 0 bridgehead atoms. The number of rotatable bonds is 8. The third kappa shape index (κ3) is 4.53. The number of amides is 1. The van der Waals surface area contributed by atoms with E-state index in [0.29, 0.717) is 29.2 Å². The number of nitrogens with zero attached hydrogens (tertiary/aromatic N) is 5. The minimum absolute atomic E-state index is 0.295. The van der Waals surface area contributed by atoms with Crippen molar-refractivity contribution in [3.05, 3.63) is 42.5 Å². The Kier molecular flexibility index (Phi) is 6.93. The normalized spacial score (nSPS) is 23.1. The number of fused-ring (bicyclic) bond motifs is 1. The molecule has 0 aliphatic carbocycles. The molecule has 1 aliphatic rings. The van der Waals surface area contributed by atoms with E-state index in [0.717, 1.165) is 5.56 Å². The van der Waals surface area contributed by atoms with Crippen molar-refractivity contribution < 1.29 is 24.5 Å². The summed E-state index contributed by atoms with van der Waals surface area (Å²) in [7, 11) is 5.25. The van der Waals surface area contributed by atoms with Crippen molar-refractivity contribution in [2.24, 2.45) is 5.73 Å². The zero-order chi connectivity index (χ0) is 24.4. The number of carbonyl (C=O) groups excluding carboxylic acids is 1. The molecule has 0 spiro atoms. The molecular formula is C22H29N7O5. The van der Waals surface area contributed by atoms with Crippen LogP contribution in [0.5, 0.6) is 5.75 Å². The van der Waals surface area contributed by atoms with E-state index in [2.05, 4.69) is 20.3 Å². The van der Waals surface area contributed by atoms with E-state index in [1.54, 1.807) is 28.7 Å². The van der Waals surface area contributed by atoms with Crippen LogP contribution < -0.4 is 20.7 Å². The number of aliphatic hydroxyl groups is 2. The van der Waals surface area contributed by atoms with Gasteiger partial charge >= 0.3 is 0 Å². The highest BCUT2D eigenvalue weighted by molar-refractivity contribution is 5.83. The van der Waals surface area contributed by atoms with Gasteiger partial charge in [0.1, 0.15) is 24.3 Å². The van der Waals surface area contributed by atoms with E-state index >= 15 is 0 Å². The minimum Gasteiger partial charge on any atom is -0.497 e. The predicted octanol–water partition coefficient (Wildman–Crippen LogP) is -0.794. The van der Waals surface area contributed by atoms with Crippen LogP contribution in [0.4, 0.5) is 5.82 Å². The molecule has 1 saturated heterocycles. The Balaban J connectivity index is 1.49. The standard InChI is InChI=1S/C22H29N7O5/c1-28(2)19-17-20(25-10-24-19)29(11-26-17)22-18(31)16(15(9-30)34-22)27-21(32)14(23)8-12-4-6-13(33-3)7-5-12/h4-7,10-11,14-16,18,22,30-31H,8-9,23H2,1-3H3,(H,27,32)/t14-,15+,16?,18-,22+/m0/s1. The number of carbonyl (C=O) groups is 1. The van der Waals surface area contributed by atoms with Gasteiger partial charge < -0.3 is 35.6 Å². The van der Waals surface area contributed by atoms with Gasteiger partial charge in [0.15, 0.2) is 23.2 Å². The van der Waals surface area contributed by atoms with Crippen molar-refractivity contribution >= 4 is 22.9 Å². The summed E-state index contributed by atoms with van der Waals surface area (Å²) in [5, 5.41) is 23.6. The first-order chi connectivity index (χ1) is 16.3. The maximum Gasteiger partial charge on any atom is 0.237 e. The molecule has 1 aliphatic heterocycles. The maximum atomic E-state index is 12.8. The molecule has 5 N–H and O–H groups in total. The molecule has 1 aromatic carbocycles. The number of aromatic nitrogens is 4. The topological polar surface area (TPSA) is 161 Å². The summed E-state index contributed by atoms with van der Waals surface area (Å²) in [4.78, 5) is 27.5. The molecule has 1 amide bonds. The fourth-order valence-electron chi connectivity index (χ4n) is 4.04. The van der Waals surface area contributed by atoms with Crippen LogP contribution in [-0.4, -0.2) is 87.7 Å². The lowest BCUT2D eigenvalue weighted by Crippen LogP contribution is -2.53. The van der Waals surface area contributed by atoms with Crippen LogP contribution in [0.1, 0.15) is 11.8 Å². The third-order valence-electron chi connectivity index (χ3n) is 5.85. The molecular weight excluding hydrogens is 442 g/mol. The minimum atomic E-state index is -1.18. The second-order valence-electron chi connectivity index (χ2n) is 8.35. The second kappa shape index (κ2) is 9.89. The van der Waals surface area contributed by atoms with E-state index in [9.17, 15) is 15.0 Å². The number of nitrogens with two attached hydrogens (primary N) is 1. The van der Waals surface area contributed by atoms with Crippen LogP contribution in [0.25, 0.3) is 11.2 Å². The van der Waals surface area contributed by atoms with E-state index in [4.69, 9.17) is 15.2 Å². The largest absolute Gasteiger partial charge is 0.497 e. The van der Waals surface area contributed by atoms with Crippen molar-refractivity contribution in [2.75, 3.05) is 32.7 Å². The molecule has 0 radical (unpaired) electrons. The molecule has 0 saturated carbocycles. The molecule has 1 fully saturated rings. The lowest BCUT2D eigenvalue weighted by atomic mass is 10.0. The number of imidazole rings is 1. The molecule has 182 valence electrons. The van der Waals surface area contributed by atoms with Crippen LogP contribution in [0.15, 0.2) is 36.9 Å². The summed E-state index contributed by atoms with van der Waals surface area (Å²) in [6, 6.07) is 5.52. The number of anilines is 1. The number of nitrogens with one attached hydrogen (secondary N) is 1. The van der Waals surface area contributed by atoms with Gasteiger partial charge in [0.05, 0.1) is 32.1 Å². The number of hydrogen-bond donors (Lipinski definition) is 4. The van der Waals surface area contributed by atoms with Crippen molar-refractivity contribution in [3.8, 4) is 5.75 Å². The molecule has 3 heterocycles. The summed E-state index contributed by atoms with van der Waals surface area (Å²) in [5.74, 6) is 0.861. The average Bonchev–Trinajstić information content (AvgIpc) is 3.40. The Morgan fingerprint density at radius 2 is 2.03 bits per heavy atom. The van der Waals surface area contributed by atoms with Crippen LogP contribution in [0.3, 0.4) is 0 Å². The summed E-state index contributed by atoms with van der Waals surface area (Å²) in [6.07, 6.45) is 0.250. The van der Waals surface area contributed by atoms with Crippen molar-refractivity contribution in [1.29, 1.82) is 0 Å². The lowest BCUT2D eigenvalue weighted by Gasteiger charge is -2.23. The van der Waals surface area contributed by atoms with E-state index in [1.807, 2.05) is 26.2 Å². The highest BCUT2D eigenvalue weighted by Gasteiger charge is 2.46. The van der Waals surface area contributed by atoms with Gasteiger partial charge in [-0.05, 0) is 24.1 Å². The van der Waals surface area contributed by atoms with Crippen molar-refractivity contribution in [2.45, 2.75) is 36.9 Å².